The van der Waals surface area contributed by atoms with E-state index >= 15 is 0 Å². The van der Waals surface area contributed by atoms with Gasteiger partial charge in [0, 0.05) is 4.47 Å². The van der Waals surface area contributed by atoms with E-state index in [0.29, 0.717) is 24.0 Å². The molecule has 0 fully saturated rings. The molecule has 9 heteroatoms. The zero-order chi connectivity index (χ0) is 20.6. The van der Waals surface area contributed by atoms with Gasteiger partial charge in [-0.05, 0) is 59.4 Å². The molecule has 0 unspecified atom stereocenters. The third-order valence-corrected chi connectivity index (χ3v) is 4.60. The molecular formula is C20H21BrN4O4. The minimum absolute atomic E-state index is 0.137. The van der Waals surface area contributed by atoms with E-state index in [1.165, 1.54) is 0 Å². The van der Waals surface area contributed by atoms with Crippen LogP contribution in [0.25, 0.3) is 0 Å². The molecule has 0 spiro atoms. The van der Waals surface area contributed by atoms with Crippen molar-refractivity contribution >= 4 is 27.5 Å². The predicted octanol–water partition coefficient (Wildman–Crippen LogP) is 3.49. The maximum absolute atomic E-state index is 12.2. The lowest BCUT2D eigenvalue weighted by atomic mass is 10.3. The largest absolute Gasteiger partial charge is 0.497 e. The van der Waals surface area contributed by atoms with Gasteiger partial charge in [0.15, 0.2) is 6.61 Å². The Morgan fingerprint density at radius 3 is 2.62 bits per heavy atom. The van der Waals surface area contributed by atoms with E-state index in [0.717, 1.165) is 15.9 Å². The number of nitrogens with zero attached hydrogens (tertiary/aromatic N) is 3. The molecule has 1 heterocycles. The van der Waals surface area contributed by atoms with Crippen molar-refractivity contribution in [2.45, 2.75) is 13.2 Å². The molecule has 0 radical (unpaired) electrons. The summed E-state index contributed by atoms with van der Waals surface area (Å²) in [5.41, 5.74) is 0.724. The SMILES string of the molecule is COc1ccc(OCc2noc(CN(C)CC(=O)Nc3ccccc3Br)n2)cc1. The number of anilines is 1. The molecule has 152 valence electrons. The van der Waals surface area contributed by atoms with Crippen LogP contribution in [-0.2, 0) is 17.9 Å². The van der Waals surface area contributed by atoms with Crippen LogP contribution < -0.4 is 14.8 Å². The number of likely N-dealkylation sites (N-methyl/N-ethyl adjacent to an activating group) is 1. The molecule has 1 aromatic heterocycles. The van der Waals surface area contributed by atoms with Crippen LogP contribution in [0.5, 0.6) is 11.5 Å². The number of ether oxygens (including phenoxy) is 2. The number of aromatic nitrogens is 2. The number of carbonyl (C=O) groups is 1. The van der Waals surface area contributed by atoms with Crippen LogP contribution in [0.15, 0.2) is 57.5 Å². The summed E-state index contributed by atoms with van der Waals surface area (Å²) >= 11 is 3.41. The van der Waals surface area contributed by atoms with Crippen molar-refractivity contribution in [2.24, 2.45) is 0 Å². The van der Waals surface area contributed by atoms with Crippen molar-refractivity contribution in [1.29, 1.82) is 0 Å². The Kier molecular flexibility index (Phi) is 7.20. The molecule has 0 aliphatic rings. The lowest BCUT2D eigenvalue weighted by Gasteiger charge is -2.14. The van der Waals surface area contributed by atoms with Crippen LogP contribution in [0, 0.1) is 0 Å². The molecule has 1 amide bonds. The lowest BCUT2D eigenvalue weighted by Crippen LogP contribution is -2.30. The number of benzene rings is 2. The summed E-state index contributed by atoms with van der Waals surface area (Å²) in [6.45, 7) is 0.711. The fourth-order valence-corrected chi connectivity index (χ4v) is 2.90. The molecule has 1 N–H and O–H groups in total. The van der Waals surface area contributed by atoms with Gasteiger partial charge in [0.2, 0.25) is 17.6 Å². The van der Waals surface area contributed by atoms with Gasteiger partial charge in [-0.15, -0.1) is 0 Å². The van der Waals surface area contributed by atoms with Gasteiger partial charge in [0.05, 0.1) is 25.9 Å². The number of amides is 1. The first kappa shape index (κ1) is 20.8. The Labute approximate surface area is 176 Å². The summed E-state index contributed by atoms with van der Waals surface area (Å²) in [6, 6.07) is 14.7. The summed E-state index contributed by atoms with van der Waals surface area (Å²) in [7, 11) is 3.41. The number of rotatable bonds is 9. The Morgan fingerprint density at radius 2 is 1.90 bits per heavy atom. The van der Waals surface area contributed by atoms with Gasteiger partial charge in [0.1, 0.15) is 11.5 Å². The second-order valence-corrected chi connectivity index (χ2v) is 7.12. The quantitative estimate of drug-likeness (QED) is 0.522. The predicted molar refractivity (Wildman–Crippen MR) is 111 cm³/mol. The van der Waals surface area contributed by atoms with E-state index in [1.807, 2.05) is 36.4 Å². The Bertz CT molecular complexity index is 946. The third kappa shape index (κ3) is 6.30. The zero-order valence-electron chi connectivity index (χ0n) is 16.1. The number of hydrogen-bond acceptors (Lipinski definition) is 7. The Balaban J connectivity index is 1.46. The molecule has 3 aromatic rings. The summed E-state index contributed by atoms with van der Waals surface area (Å²) < 4.78 is 16.8. The summed E-state index contributed by atoms with van der Waals surface area (Å²) in [5, 5.41) is 6.76. The Hall–Kier alpha value is -2.91. The highest BCUT2D eigenvalue weighted by molar-refractivity contribution is 9.10. The number of carbonyl (C=O) groups excluding carboxylic acids is 1. The molecule has 0 aliphatic heterocycles. The molecule has 2 aromatic carbocycles. The number of methoxy groups -OCH3 is 1. The first-order valence-corrected chi connectivity index (χ1v) is 9.64. The number of halogens is 1. The van der Waals surface area contributed by atoms with Crippen LogP contribution in [0.2, 0.25) is 0 Å². The highest BCUT2D eigenvalue weighted by Gasteiger charge is 2.13. The maximum atomic E-state index is 12.2. The van der Waals surface area contributed by atoms with Crippen molar-refractivity contribution in [3.05, 3.63) is 64.7 Å². The zero-order valence-corrected chi connectivity index (χ0v) is 17.7. The second kappa shape index (κ2) is 10.0. The van der Waals surface area contributed by atoms with Crippen LogP contribution >= 0.6 is 15.9 Å². The minimum atomic E-state index is -0.137. The second-order valence-electron chi connectivity index (χ2n) is 6.27. The van der Waals surface area contributed by atoms with Gasteiger partial charge in [-0.1, -0.05) is 17.3 Å². The van der Waals surface area contributed by atoms with Crippen LogP contribution in [0.3, 0.4) is 0 Å². The standard InChI is InChI=1S/C20H21BrN4O4/c1-25(11-19(26)22-17-6-4-3-5-16(17)21)12-20-23-18(24-29-20)13-28-15-9-7-14(27-2)8-10-15/h3-10H,11-13H2,1-2H3,(H,22,26). The normalized spacial score (nSPS) is 10.8. The molecule has 8 nitrogen and oxygen atoms in total. The van der Waals surface area contributed by atoms with E-state index in [1.54, 1.807) is 31.2 Å². The summed E-state index contributed by atoms with van der Waals surface area (Å²) in [5.74, 6) is 2.14. The average molecular weight is 461 g/mol. The van der Waals surface area contributed by atoms with E-state index in [4.69, 9.17) is 14.0 Å². The Morgan fingerprint density at radius 1 is 1.17 bits per heavy atom. The topological polar surface area (TPSA) is 89.7 Å². The first-order chi connectivity index (χ1) is 14.0. The number of nitrogens with one attached hydrogen (secondary N) is 1. The molecule has 0 atom stereocenters. The van der Waals surface area contributed by atoms with E-state index in [2.05, 4.69) is 31.4 Å². The van der Waals surface area contributed by atoms with E-state index < -0.39 is 0 Å². The molecule has 0 bridgehead atoms. The fourth-order valence-electron chi connectivity index (χ4n) is 2.52. The minimum Gasteiger partial charge on any atom is -0.497 e. The van der Waals surface area contributed by atoms with Gasteiger partial charge < -0.3 is 19.3 Å². The van der Waals surface area contributed by atoms with Gasteiger partial charge in [0.25, 0.3) is 0 Å². The van der Waals surface area contributed by atoms with Gasteiger partial charge in [-0.25, -0.2) is 0 Å². The highest BCUT2D eigenvalue weighted by atomic mass is 79.9. The van der Waals surface area contributed by atoms with Crippen LogP contribution in [0.4, 0.5) is 5.69 Å². The van der Waals surface area contributed by atoms with Crippen LogP contribution in [-0.4, -0.2) is 41.6 Å². The first-order valence-electron chi connectivity index (χ1n) is 8.84. The molecule has 0 aliphatic carbocycles. The fraction of sp³-hybridized carbons (Fsp3) is 0.250. The highest BCUT2D eigenvalue weighted by Crippen LogP contribution is 2.21. The van der Waals surface area contributed by atoms with E-state index in [9.17, 15) is 4.79 Å². The van der Waals surface area contributed by atoms with Crippen LogP contribution in [0.1, 0.15) is 11.7 Å². The molecular weight excluding hydrogens is 440 g/mol. The van der Waals surface area contributed by atoms with Gasteiger partial charge in [-0.3, -0.25) is 9.69 Å². The van der Waals surface area contributed by atoms with Crippen molar-refractivity contribution in [3.63, 3.8) is 0 Å². The monoisotopic (exact) mass is 460 g/mol. The van der Waals surface area contributed by atoms with Gasteiger partial charge in [-0.2, -0.15) is 4.98 Å². The lowest BCUT2D eigenvalue weighted by molar-refractivity contribution is -0.117. The number of hydrogen-bond donors (Lipinski definition) is 1. The maximum Gasteiger partial charge on any atom is 0.240 e. The van der Waals surface area contributed by atoms with Gasteiger partial charge >= 0.3 is 0 Å². The van der Waals surface area contributed by atoms with Crippen molar-refractivity contribution in [1.82, 2.24) is 15.0 Å². The van der Waals surface area contributed by atoms with E-state index in [-0.39, 0.29) is 19.1 Å². The van der Waals surface area contributed by atoms with Crippen molar-refractivity contribution in [3.8, 4) is 11.5 Å². The smallest absolute Gasteiger partial charge is 0.240 e. The summed E-state index contributed by atoms with van der Waals surface area (Å²) in [4.78, 5) is 18.3. The average Bonchev–Trinajstić information content (AvgIpc) is 3.15. The van der Waals surface area contributed by atoms with Crippen molar-refractivity contribution in [2.75, 3.05) is 26.0 Å². The molecule has 0 saturated carbocycles. The van der Waals surface area contributed by atoms with Crippen molar-refractivity contribution < 1.29 is 18.8 Å². The molecule has 0 saturated heterocycles. The number of para-hydroxylation sites is 1. The molecule has 3 rings (SSSR count). The third-order valence-electron chi connectivity index (χ3n) is 3.90. The molecule has 29 heavy (non-hydrogen) atoms. The summed E-state index contributed by atoms with van der Waals surface area (Å²) in [6.07, 6.45) is 0.